The molecule has 0 aliphatic heterocycles. The zero-order valence-corrected chi connectivity index (χ0v) is 9.36. The van der Waals surface area contributed by atoms with Crippen molar-refractivity contribution in [1.82, 2.24) is 10.3 Å². The molecule has 2 N–H and O–H groups in total. The first-order valence-corrected chi connectivity index (χ1v) is 5.23. The van der Waals surface area contributed by atoms with Crippen molar-refractivity contribution in [3.8, 4) is 0 Å². The van der Waals surface area contributed by atoms with E-state index < -0.39 is 18.4 Å². The van der Waals surface area contributed by atoms with Crippen molar-refractivity contribution < 1.29 is 18.7 Å². The molecule has 1 heterocycles. The molecule has 1 aromatic heterocycles. The zero-order valence-electron chi connectivity index (χ0n) is 9.36. The van der Waals surface area contributed by atoms with Crippen LogP contribution in [0.15, 0.2) is 18.3 Å². The highest BCUT2D eigenvalue weighted by atomic mass is 19.3. The summed E-state index contributed by atoms with van der Waals surface area (Å²) in [6, 6.07) is 2.76. The summed E-state index contributed by atoms with van der Waals surface area (Å²) in [5, 5.41) is 11.7. The van der Waals surface area contributed by atoms with Crippen LogP contribution in [-0.4, -0.2) is 22.1 Å². The molecule has 0 aromatic carbocycles. The first kappa shape index (κ1) is 13.5. The number of hydrogen-bond donors (Lipinski definition) is 2. The minimum Gasteiger partial charge on any atom is -0.383 e. The molecule has 1 rings (SSSR count). The molecule has 0 radical (unpaired) electrons. The van der Waals surface area contributed by atoms with Crippen molar-refractivity contribution in [2.24, 2.45) is 0 Å². The Morgan fingerprint density at radius 1 is 1.59 bits per heavy atom. The predicted octanol–water partition coefficient (Wildman–Crippen LogP) is 1.41. The quantitative estimate of drug-likeness (QED) is 0.823. The molecule has 4 nitrogen and oxygen atoms in total. The normalized spacial score (nSPS) is 12.5. The van der Waals surface area contributed by atoms with Crippen LogP contribution in [0.2, 0.25) is 0 Å². The second-order valence-electron chi connectivity index (χ2n) is 3.53. The molecule has 0 saturated heterocycles. The number of pyridine rings is 1. The van der Waals surface area contributed by atoms with Gasteiger partial charge in [-0.3, -0.25) is 9.78 Å². The van der Waals surface area contributed by atoms with Gasteiger partial charge in [-0.15, -0.1) is 0 Å². The average molecular weight is 244 g/mol. The SMILES string of the molecule is CC[C@@H](O)C(=O)NCc1ccnc(C(F)F)c1. The van der Waals surface area contributed by atoms with Gasteiger partial charge in [-0.2, -0.15) is 0 Å². The summed E-state index contributed by atoms with van der Waals surface area (Å²) in [5.41, 5.74) is 0.194. The molecule has 0 spiro atoms. The van der Waals surface area contributed by atoms with Crippen LogP contribution in [0.25, 0.3) is 0 Å². The molecule has 1 atom stereocenters. The van der Waals surface area contributed by atoms with Gasteiger partial charge in [0.2, 0.25) is 5.91 Å². The van der Waals surface area contributed by atoms with E-state index in [1.54, 1.807) is 6.92 Å². The molecule has 0 aliphatic rings. The number of rotatable bonds is 5. The van der Waals surface area contributed by atoms with Crippen LogP contribution in [0, 0.1) is 0 Å². The summed E-state index contributed by atoms with van der Waals surface area (Å²) in [6.45, 7) is 1.77. The third-order valence-electron chi connectivity index (χ3n) is 2.23. The highest BCUT2D eigenvalue weighted by molar-refractivity contribution is 5.80. The van der Waals surface area contributed by atoms with Gasteiger partial charge < -0.3 is 10.4 Å². The largest absolute Gasteiger partial charge is 0.383 e. The number of nitrogens with zero attached hydrogens (tertiary/aromatic N) is 1. The fourth-order valence-corrected chi connectivity index (χ4v) is 1.22. The molecule has 0 aliphatic carbocycles. The van der Waals surface area contributed by atoms with Gasteiger partial charge >= 0.3 is 0 Å². The van der Waals surface area contributed by atoms with Gasteiger partial charge in [0.1, 0.15) is 11.8 Å². The van der Waals surface area contributed by atoms with Crippen LogP contribution >= 0.6 is 0 Å². The maximum Gasteiger partial charge on any atom is 0.280 e. The molecule has 0 saturated carbocycles. The van der Waals surface area contributed by atoms with Crippen LogP contribution < -0.4 is 5.32 Å². The number of aromatic nitrogens is 1. The lowest BCUT2D eigenvalue weighted by molar-refractivity contribution is -0.129. The molecule has 0 unspecified atom stereocenters. The van der Waals surface area contributed by atoms with E-state index in [4.69, 9.17) is 0 Å². The Bertz CT molecular complexity index is 385. The molecule has 6 heteroatoms. The molecule has 1 aromatic rings. The van der Waals surface area contributed by atoms with E-state index in [0.29, 0.717) is 12.0 Å². The van der Waals surface area contributed by atoms with Gasteiger partial charge in [0, 0.05) is 12.7 Å². The molecule has 0 fully saturated rings. The number of alkyl halides is 2. The van der Waals surface area contributed by atoms with Crippen LogP contribution in [0.5, 0.6) is 0 Å². The first-order chi connectivity index (χ1) is 8.04. The smallest absolute Gasteiger partial charge is 0.280 e. The molecule has 17 heavy (non-hydrogen) atoms. The van der Waals surface area contributed by atoms with Gasteiger partial charge in [-0.1, -0.05) is 6.92 Å². The third kappa shape index (κ3) is 4.07. The van der Waals surface area contributed by atoms with Crippen LogP contribution in [0.4, 0.5) is 8.78 Å². The van der Waals surface area contributed by atoms with Crippen LogP contribution in [-0.2, 0) is 11.3 Å². The maximum absolute atomic E-state index is 12.3. The van der Waals surface area contributed by atoms with Gasteiger partial charge in [0.15, 0.2) is 0 Å². The van der Waals surface area contributed by atoms with Crippen LogP contribution in [0.3, 0.4) is 0 Å². The van der Waals surface area contributed by atoms with E-state index in [-0.39, 0.29) is 12.2 Å². The number of carbonyl (C=O) groups excluding carboxylic acids is 1. The minimum atomic E-state index is -2.63. The van der Waals surface area contributed by atoms with E-state index in [1.807, 2.05) is 0 Å². The number of hydrogen-bond acceptors (Lipinski definition) is 3. The molecule has 94 valence electrons. The summed E-state index contributed by atoms with van der Waals surface area (Å²) in [6.07, 6.45) is -2.12. The number of amides is 1. The number of halogens is 2. The van der Waals surface area contributed by atoms with Crippen molar-refractivity contribution >= 4 is 5.91 Å². The summed E-state index contributed by atoms with van der Waals surface area (Å²) >= 11 is 0. The number of carbonyl (C=O) groups is 1. The molecule has 1 amide bonds. The van der Waals surface area contributed by atoms with Gasteiger partial charge in [0.05, 0.1) is 0 Å². The van der Waals surface area contributed by atoms with Crippen molar-refractivity contribution in [1.29, 1.82) is 0 Å². The summed E-state index contributed by atoms with van der Waals surface area (Å²) in [7, 11) is 0. The van der Waals surface area contributed by atoms with Crippen molar-refractivity contribution in [3.63, 3.8) is 0 Å². The lowest BCUT2D eigenvalue weighted by atomic mass is 10.2. The Hall–Kier alpha value is -1.56. The van der Waals surface area contributed by atoms with Gasteiger partial charge in [-0.25, -0.2) is 8.78 Å². The highest BCUT2D eigenvalue weighted by Gasteiger charge is 2.12. The number of nitrogens with one attached hydrogen (secondary N) is 1. The van der Waals surface area contributed by atoms with Crippen molar-refractivity contribution in [2.75, 3.05) is 0 Å². The summed E-state index contributed by atoms with van der Waals surface area (Å²) < 4.78 is 24.7. The first-order valence-electron chi connectivity index (χ1n) is 5.23. The van der Waals surface area contributed by atoms with Crippen LogP contribution in [0.1, 0.15) is 31.0 Å². The Labute approximate surface area is 97.7 Å². The topological polar surface area (TPSA) is 62.2 Å². The Morgan fingerprint density at radius 3 is 2.88 bits per heavy atom. The zero-order chi connectivity index (χ0) is 12.8. The Morgan fingerprint density at radius 2 is 2.29 bits per heavy atom. The van der Waals surface area contributed by atoms with E-state index in [0.717, 1.165) is 0 Å². The van der Waals surface area contributed by atoms with Gasteiger partial charge in [-0.05, 0) is 24.1 Å². The van der Waals surface area contributed by atoms with E-state index in [9.17, 15) is 18.7 Å². The summed E-state index contributed by atoms with van der Waals surface area (Å²) in [5.74, 6) is -0.511. The molecule has 0 bridgehead atoms. The predicted molar refractivity (Wildman–Crippen MR) is 57.3 cm³/mol. The third-order valence-corrected chi connectivity index (χ3v) is 2.23. The minimum absolute atomic E-state index is 0.0954. The average Bonchev–Trinajstić information content (AvgIpc) is 2.35. The monoisotopic (exact) mass is 244 g/mol. The Kier molecular flexibility index (Phi) is 4.96. The Balaban J connectivity index is 2.57. The number of aliphatic hydroxyl groups is 1. The van der Waals surface area contributed by atoms with E-state index >= 15 is 0 Å². The van der Waals surface area contributed by atoms with E-state index in [1.165, 1.54) is 18.3 Å². The molecular weight excluding hydrogens is 230 g/mol. The fraction of sp³-hybridized carbons (Fsp3) is 0.455. The molecular formula is C11H14F2N2O2. The maximum atomic E-state index is 12.3. The number of aliphatic hydroxyl groups excluding tert-OH is 1. The lowest BCUT2D eigenvalue weighted by Crippen LogP contribution is -2.33. The van der Waals surface area contributed by atoms with E-state index in [2.05, 4.69) is 10.3 Å². The van der Waals surface area contributed by atoms with Crippen molar-refractivity contribution in [3.05, 3.63) is 29.6 Å². The summed E-state index contributed by atoms with van der Waals surface area (Å²) in [4.78, 5) is 14.7. The standard InChI is InChI=1S/C11H14F2N2O2/c1-2-9(16)11(17)15-6-7-3-4-14-8(5-7)10(12)13/h3-5,9-10,16H,2,6H2,1H3,(H,15,17)/t9-/m1/s1. The van der Waals surface area contributed by atoms with Crippen molar-refractivity contribution in [2.45, 2.75) is 32.4 Å². The fourth-order valence-electron chi connectivity index (χ4n) is 1.22. The second kappa shape index (κ2) is 6.24. The highest BCUT2D eigenvalue weighted by Crippen LogP contribution is 2.16. The lowest BCUT2D eigenvalue weighted by Gasteiger charge is -2.09. The second-order valence-corrected chi connectivity index (χ2v) is 3.53. The van der Waals surface area contributed by atoms with Gasteiger partial charge in [0.25, 0.3) is 6.43 Å².